The van der Waals surface area contributed by atoms with Crippen molar-refractivity contribution in [1.29, 1.82) is 0 Å². The molecule has 2 atom stereocenters. The highest BCUT2D eigenvalue weighted by Gasteiger charge is 2.40. The molecular weight excluding hydrogens is 325 g/mol. The summed E-state index contributed by atoms with van der Waals surface area (Å²) in [4.78, 5) is 18.9. The summed E-state index contributed by atoms with van der Waals surface area (Å²) in [6.07, 6.45) is 5.92. The van der Waals surface area contributed by atoms with Gasteiger partial charge in [0.25, 0.3) is 0 Å². The van der Waals surface area contributed by atoms with Crippen LogP contribution in [-0.2, 0) is 4.79 Å². The van der Waals surface area contributed by atoms with Crippen LogP contribution in [0.5, 0.6) is 0 Å². The quantitative estimate of drug-likeness (QED) is 0.790. The third-order valence-electron chi connectivity index (χ3n) is 4.19. The zero-order valence-corrected chi connectivity index (χ0v) is 15.4. The van der Waals surface area contributed by atoms with Crippen LogP contribution >= 0.6 is 11.8 Å². The van der Waals surface area contributed by atoms with E-state index in [0.717, 1.165) is 10.5 Å². The highest BCUT2D eigenvalue weighted by Crippen LogP contribution is 2.44. The number of rotatable bonds is 4. The number of hydrogen-bond acceptors (Lipinski definition) is 4. The molecule has 0 aromatic rings. The van der Waals surface area contributed by atoms with Gasteiger partial charge in [-0.25, -0.2) is 9.38 Å². The minimum absolute atomic E-state index is 0.0647. The Balaban J connectivity index is 2.33. The van der Waals surface area contributed by atoms with Crippen molar-refractivity contribution in [3.8, 4) is 0 Å². The average molecular weight is 349 g/mol. The summed E-state index contributed by atoms with van der Waals surface area (Å²) in [7, 11) is 1.62. The maximum Gasteiger partial charge on any atom is 0.231 e. The summed E-state index contributed by atoms with van der Waals surface area (Å²) >= 11 is 1.60. The Bertz CT molecular complexity index is 688. The molecule has 0 saturated carbocycles. The third-order valence-corrected chi connectivity index (χ3v) is 5.60. The lowest BCUT2D eigenvalue weighted by Gasteiger charge is -2.33. The topological polar surface area (TPSA) is 58.7 Å². The van der Waals surface area contributed by atoms with E-state index < -0.39 is 11.4 Å². The summed E-state index contributed by atoms with van der Waals surface area (Å²) in [5.74, 6) is 0.346. The molecule has 0 aromatic heterocycles. The van der Waals surface area contributed by atoms with Gasteiger partial charge in [0, 0.05) is 23.6 Å². The number of aliphatic imine (C=N–C) groups is 1. The molecule has 2 rings (SSSR count). The fraction of sp³-hybridized carbons (Fsp3) is 0.444. The van der Waals surface area contributed by atoms with Crippen molar-refractivity contribution in [3.05, 3.63) is 46.7 Å². The van der Waals surface area contributed by atoms with Crippen LogP contribution in [0.25, 0.3) is 0 Å². The predicted molar refractivity (Wildman–Crippen MR) is 99.2 cm³/mol. The van der Waals surface area contributed by atoms with Gasteiger partial charge in [-0.15, -0.1) is 11.8 Å². The molecule has 2 N–H and O–H groups in total. The molecule has 0 saturated heterocycles. The first-order valence-electron chi connectivity index (χ1n) is 7.81. The average Bonchev–Trinajstić information content (AvgIpc) is 2.94. The summed E-state index contributed by atoms with van der Waals surface area (Å²) in [5.41, 5.74) is 6.85. The molecule has 2 heterocycles. The molecule has 130 valence electrons. The lowest BCUT2D eigenvalue weighted by atomic mass is 9.91. The van der Waals surface area contributed by atoms with E-state index in [2.05, 4.69) is 11.6 Å². The van der Waals surface area contributed by atoms with Gasteiger partial charge in [0.15, 0.2) is 5.96 Å². The van der Waals surface area contributed by atoms with Crippen molar-refractivity contribution in [2.24, 2.45) is 16.6 Å². The fourth-order valence-electron chi connectivity index (χ4n) is 2.70. The zero-order chi connectivity index (χ0) is 18.1. The summed E-state index contributed by atoms with van der Waals surface area (Å²) in [5, 5.41) is 0. The first kappa shape index (κ1) is 18.5. The van der Waals surface area contributed by atoms with E-state index in [9.17, 15) is 9.18 Å². The van der Waals surface area contributed by atoms with Crippen LogP contribution in [0.3, 0.4) is 0 Å². The SMILES string of the molecule is C=C(F)/C(=C\C=C(C)C)C1C=C([C@]2(C)CC(=O)N(C)C(N)=N2)SC1. The van der Waals surface area contributed by atoms with Gasteiger partial charge >= 0.3 is 0 Å². The smallest absolute Gasteiger partial charge is 0.231 e. The Hall–Kier alpha value is -1.82. The number of allylic oxidation sites excluding steroid dienone is 6. The first-order valence-corrected chi connectivity index (χ1v) is 8.79. The van der Waals surface area contributed by atoms with E-state index in [0.29, 0.717) is 11.3 Å². The van der Waals surface area contributed by atoms with Crippen LogP contribution in [0.15, 0.2) is 51.7 Å². The van der Waals surface area contributed by atoms with Gasteiger partial charge in [-0.3, -0.25) is 9.69 Å². The molecule has 1 unspecified atom stereocenters. The number of carbonyl (C=O) groups is 1. The molecule has 2 aliphatic rings. The number of thioether (sulfide) groups is 1. The van der Waals surface area contributed by atoms with E-state index in [1.165, 1.54) is 4.90 Å². The summed E-state index contributed by atoms with van der Waals surface area (Å²) in [6.45, 7) is 9.28. The summed E-state index contributed by atoms with van der Waals surface area (Å²) in [6, 6.07) is 0. The van der Waals surface area contributed by atoms with E-state index >= 15 is 0 Å². The Labute approximate surface area is 147 Å². The molecule has 4 nitrogen and oxygen atoms in total. The van der Waals surface area contributed by atoms with Gasteiger partial charge in [-0.2, -0.15) is 0 Å². The highest BCUT2D eigenvalue weighted by atomic mass is 32.2. The predicted octanol–water partition coefficient (Wildman–Crippen LogP) is 3.54. The molecule has 0 bridgehead atoms. The number of nitrogens with zero attached hydrogens (tertiary/aromatic N) is 2. The van der Waals surface area contributed by atoms with E-state index in [1.807, 2.05) is 32.9 Å². The van der Waals surface area contributed by atoms with Crippen molar-refractivity contribution >= 4 is 23.6 Å². The minimum atomic E-state index is -0.674. The van der Waals surface area contributed by atoms with Crippen molar-refractivity contribution in [2.45, 2.75) is 32.7 Å². The van der Waals surface area contributed by atoms with Gasteiger partial charge in [-0.05, 0) is 26.3 Å². The fourth-order valence-corrected chi connectivity index (χ4v) is 4.02. The summed E-state index contributed by atoms with van der Waals surface area (Å²) < 4.78 is 13.9. The van der Waals surface area contributed by atoms with Crippen LogP contribution in [0.2, 0.25) is 0 Å². The lowest BCUT2D eigenvalue weighted by molar-refractivity contribution is -0.128. The second kappa shape index (κ2) is 6.97. The van der Waals surface area contributed by atoms with E-state index in [1.54, 1.807) is 24.9 Å². The second-order valence-corrected chi connectivity index (χ2v) is 7.65. The van der Waals surface area contributed by atoms with Gasteiger partial charge in [0.1, 0.15) is 11.4 Å². The maximum atomic E-state index is 13.9. The minimum Gasteiger partial charge on any atom is -0.369 e. The van der Waals surface area contributed by atoms with E-state index in [-0.39, 0.29) is 24.2 Å². The molecule has 0 spiro atoms. The van der Waals surface area contributed by atoms with Crippen molar-refractivity contribution in [1.82, 2.24) is 4.90 Å². The van der Waals surface area contributed by atoms with Crippen molar-refractivity contribution in [3.63, 3.8) is 0 Å². The molecule has 1 amide bonds. The second-order valence-electron chi connectivity index (χ2n) is 6.59. The number of hydrogen-bond donors (Lipinski definition) is 1. The largest absolute Gasteiger partial charge is 0.369 e. The Kier molecular flexibility index (Phi) is 5.38. The van der Waals surface area contributed by atoms with Crippen LogP contribution in [-0.4, -0.2) is 35.1 Å². The van der Waals surface area contributed by atoms with Gasteiger partial charge < -0.3 is 5.73 Å². The third kappa shape index (κ3) is 3.80. The molecular formula is C18H24FN3OS. The monoisotopic (exact) mass is 349 g/mol. The van der Waals surface area contributed by atoms with Crippen molar-refractivity contribution < 1.29 is 9.18 Å². The van der Waals surface area contributed by atoms with Gasteiger partial charge in [0.2, 0.25) is 5.91 Å². The number of carbonyl (C=O) groups excluding carboxylic acids is 1. The first-order chi connectivity index (χ1) is 11.1. The number of amides is 1. The highest BCUT2D eigenvalue weighted by molar-refractivity contribution is 8.03. The molecule has 0 fully saturated rings. The molecule has 0 aromatic carbocycles. The lowest BCUT2D eigenvalue weighted by Crippen LogP contribution is -2.48. The normalized spacial score (nSPS) is 27.7. The number of nitrogens with two attached hydrogens (primary N) is 1. The van der Waals surface area contributed by atoms with Crippen LogP contribution in [0.4, 0.5) is 4.39 Å². The van der Waals surface area contributed by atoms with Gasteiger partial charge in [0.05, 0.1) is 6.42 Å². The molecule has 0 aliphatic carbocycles. The van der Waals surface area contributed by atoms with E-state index in [4.69, 9.17) is 5.73 Å². The number of guanidine groups is 1. The Morgan fingerprint density at radius 2 is 2.21 bits per heavy atom. The molecule has 24 heavy (non-hydrogen) atoms. The van der Waals surface area contributed by atoms with Crippen molar-refractivity contribution in [2.75, 3.05) is 12.8 Å². The van der Waals surface area contributed by atoms with Gasteiger partial charge in [-0.1, -0.05) is 30.4 Å². The van der Waals surface area contributed by atoms with Crippen LogP contribution < -0.4 is 5.73 Å². The zero-order valence-electron chi connectivity index (χ0n) is 14.6. The number of halogens is 1. The Morgan fingerprint density at radius 3 is 2.75 bits per heavy atom. The standard InChI is InChI=1S/C18H24FN3OS/c1-11(2)6-7-14(12(3)19)13-8-15(24-10-13)18(4)9-16(23)22(5)17(20)21-18/h6-8,13H,3,9-10H2,1-2,4-5H3,(H2,20,21)/b14-7+/t13?,18-/m0/s1. The molecule has 0 radical (unpaired) electrons. The Morgan fingerprint density at radius 1 is 1.54 bits per heavy atom. The van der Waals surface area contributed by atoms with Crippen LogP contribution in [0.1, 0.15) is 27.2 Å². The molecule has 6 heteroatoms. The molecule has 2 aliphatic heterocycles. The maximum absolute atomic E-state index is 13.9. The van der Waals surface area contributed by atoms with Crippen LogP contribution in [0, 0.1) is 5.92 Å².